The number of alkyl halides is 5. The van der Waals surface area contributed by atoms with Gasteiger partial charge in [0, 0.05) is 29.9 Å². The van der Waals surface area contributed by atoms with E-state index < -0.39 is 53.7 Å². The van der Waals surface area contributed by atoms with E-state index in [0.29, 0.717) is 29.3 Å². The Balaban J connectivity index is 0.00000153. The molecule has 0 spiro atoms. The number of benzene rings is 2. The fraction of sp³-hybridized carbons (Fsp3) is 0.217. The summed E-state index contributed by atoms with van der Waals surface area (Å²) < 4.78 is 99.5. The van der Waals surface area contributed by atoms with Gasteiger partial charge in [0.15, 0.2) is 12.2 Å². The van der Waals surface area contributed by atoms with Gasteiger partial charge in [-0.05, 0) is 29.8 Å². The molecule has 1 aromatic heterocycles. The molecule has 1 unspecified atom stereocenters. The van der Waals surface area contributed by atoms with Gasteiger partial charge in [0.2, 0.25) is 0 Å². The normalized spacial score (nSPS) is 13.2. The number of nitrogens with two attached hydrogens (primary N) is 2. The van der Waals surface area contributed by atoms with Crippen molar-refractivity contribution in [3.63, 3.8) is 0 Å². The summed E-state index contributed by atoms with van der Waals surface area (Å²) in [5, 5.41) is 16.6. The molecule has 3 rings (SSSR count). The maximum atomic E-state index is 15.3. The highest BCUT2D eigenvalue weighted by Crippen LogP contribution is 2.45. The standard InChI is InChI=1S/C22H18F7N3O2.CH4N2/c23-15-4-7-17(18(24)9-15)20(33,11-32-30)22(28,29)19-8-3-14(10-31-19)13-1-5-16(6-2-13)34-12-21(25,26)27;2-1-3/h1-10,32-33H,11-12,30H2;1H,(H3,2,3). The summed E-state index contributed by atoms with van der Waals surface area (Å²) in [6, 6.07) is 9.24. The molecular formula is C23H22F7N5O2. The molecule has 0 fully saturated rings. The Bertz CT molecular complexity index is 1180. The van der Waals surface area contributed by atoms with Crippen LogP contribution >= 0.6 is 0 Å². The first kappa shape index (κ1) is 29.5. The number of hydrazine groups is 1. The summed E-state index contributed by atoms with van der Waals surface area (Å²) in [5.41, 5.74) is 2.00. The minimum absolute atomic E-state index is 0.0436. The lowest BCUT2D eigenvalue weighted by Crippen LogP contribution is -2.52. The molecule has 0 aliphatic heterocycles. The number of nitrogens with zero attached hydrogens (tertiary/aromatic N) is 1. The molecular weight excluding hydrogens is 511 g/mol. The van der Waals surface area contributed by atoms with Crippen molar-refractivity contribution in [2.75, 3.05) is 13.2 Å². The number of hydrogen-bond acceptors (Lipinski definition) is 6. The highest BCUT2D eigenvalue weighted by Gasteiger charge is 2.57. The van der Waals surface area contributed by atoms with E-state index in [1.807, 2.05) is 5.43 Å². The molecule has 2 aromatic carbocycles. The number of ether oxygens (including phenoxy) is 1. The number of halogens is 7. The molecule has 0 aliphatic carbocycles. The first-order chi connectivity index (χ1) is 17.3. The first-order valence-corrected chi connectivity index (χ1v) is 10.3. The average molecular weight is 533 g/mol. The van der Waals surface area contributed by atoms with Gasteiger partial charge in [0.25, 0.3) is 0 Å². The van der Waals surface area contributed by atoms with E-state index in [-0.39, 0.29) is 5.75 Å². The van der Waals surface area contributed by atoms with Crippen LogP contribution in [0.2, 0.25) is 0 Å². The molecule has 37 heavy (non-hydrogen) atoms. The van der Waals surface area contributed by atoms with Gasteiger partial charge in [-0.3, -0.25) is 21.7 Å². The maximum Gasteiger partial charge on any atom is 0.422 e. The molecule has 7 nitrogen and oxygen atoms in total. The third kappa shape index (κ3) is 7.15. The van der Waals surface area contributed by atoms with E-state index in [1.54, 1.807) is 0 Å². The number of nitrogens with one attached hydrogen (secondary N) is 2. The monoisotopic (exact) mass is 533 g/mol. The van der Waals surface area contributed by atoms with Crippen molar-refractivity contribution in [2.24, 2.45) is 11.6 Å². The van der Waals surface area contributed by atoms with Crippen molar-refractivity contribution in [1.29, 1.82) is 5.41 Å². The van der Waals surface area contributed by atoms with Crippen LogP contribution in [0.15, 0.2) is 60.8 Å². The van der Waals surface area contributed by atoms with Crippen molar-refractivity contribution in [1.82, 2.24) is 10.4 Å². The van der Waals surface area contributed by atoms with Gasteiger partial charge in [0.05, 0.1) is 6.34 Å². The van der Waals surface area contributed by atoms with Gasteiger partial charge in [-0.15, -0.1) is 0 Å². The summed E-state index contributed by atoms with van der Waals surface area (Å²) in [5.74, 6) is -1.51. The number of hydrogen-bond donors (Lipinski definition) is 5. The number of pyridine rings is 1. The fourth-order valence-corrected chi connectivity index (χ4v) is 3.22. The van der Waals surface area contributed by atoms with Crippen LogP contribution in [-0.2, 0) is 11.5 Å². The second-order valence-corrected chi connectivity index (χ2v) is 7.47. The molecule has 0 saturated heterocycles. The SMILES string of the molecule is N=CN.NNCC(O)(c1ccc(F)cc1F)C(F)(F)c1ccc(-c2ccc(OCC(F)(F)F)cc2)cn1. The van der Waals surface area contributed by atoms with Gasteiger partial charge in [-0.2, -0.15) is 22.0 Å². The van der Waals surface area contributed by atoms with Crippen LogP contribution in [0.25, 0.3) is 11.1 Å². The Morgan fingerprint density at radius 2 is 1.57 bits per heavy atom. The Kier molecular flexibility index (Phi) is 9.55. The lowest BCUT2D eigenvalue weighted by molar-refractivity contribution is -0.196. The fourth-order valence-electron chi connectivity index (χ4n) is 3.22. The van der Waals surface area contributed by atoms with Gasteiger partial charge < -0.3 is 15.6 Å². The molecule has 0 amide bonds. The number of aliphatic hydroxyl groups is 1. The second-order valence-electron chi connectivity index (χ2n) is 7.47. The van der Waals surface area contributed by atoms with Crippen LogP contribution in [-0.4, -0.2) is 35.8 Å². The molecule has 7 N–H and O–H groups in total. The van der Waals surface area contributed by atoms with Gasteiger partial charge in [-0.1, -0.05) is 24.3 Å². The molecule has 0 radical (unpaired) electrons. The molecule has 14 heteroatoms. The highest BCUT2D eigenvalue weighted by molar-refractivity contribution is 5.63. The van der Waals surface area contributed by atoms with E-state index in [2.05, 4.69) is 15.5 Å². The predicted molar refractivity (Wildman–Crippen MR) is 121 cm³/mol. The molecule has 1 heterocycles. The summed E-state index contributed by atoms with van der Waals surface area (Å²) in [7, 11) is 0. The minimum Gasteiger partial charge on any atom is -0.484 e. The molecule has 1 atom stereocenters. The third-order valence-electron chi connectivity index (χ3n) is 4.93. The van der Waals surface area contributed by atoms with E-state index >= 15 is 8.78 Å². The molecule has 200 valence electrons. The van der Waals surface area contributed by atoms with Crippen molar-refractivity contribution in [3.8, 4) is 16.9 Å². The van der Waals surface area contributed by atoms with E-state index in [1.165, 1.54) is 30.3 Å². The van der Waals surface area contributed by atoms with Crippen LogP contribution < -0.4 is 21.7 Å². The van der Waals surface area contributed by atoms with Crippen LogP contribution in [0.5, 0.6) is 5.75 Å². The quantitative estimate of drug-likeness (QED) is 0.0980. The van der Waals surface area contributed by atoms with Crippen LogP contribution in [0.1, 0.15) is 11.3 Å². The van der Waals surface area contributed by atoms with Gasteiger partial charge in [0.1, 0.15) is 23.1 Å². The molecule has 0 aliphatic rings. The Morgan fingerprint density at radius 1 is 0.973 bits per heavy atom. The van der Waals surface area contributed by atoms with Gasteiger partial charge in [-0.25, -0.2) is 8.78 Å². The van der Waals surface area contributed by atoms with Crippen molar-refractivity contribution < 1.29 is 40.6 Å². The van der Waals surface area contributed by atoms with Gasteiger partial charge >= 0.3 is 12.1 Å². The van der Waals surface area contributed by atoms with E-state index in [0.717, 1.165) is 18.6 Å². The number of aromatic nitrogens is 1. The topological polar surface area (TPSA) is 130 Å². The predicted octanol–water partition coefficient (Wildman–Crippen LogP) is 3.96. The van der Waals surface area contributed by atoms with E-state index in [9.17, 15) is 27.1 Å². The largest absolute Gasteiger partial charge is 0.484 e. The molecule has 0 saturated carbocycles. The highest BCUT2D eigenvalue weighted by atomic mass is 19.4. The average Bonchev–Trinajstić information content (AvgIpc) is 2.83. The van der Waals surface area contributed by atoms with Crippen molar-refractivity contribution in [2.45, 2.75) is 17.7 Å². The summed E-state index contributed by atoms with van der Waals surface area (Å²) in [6.45, 7) is -2.46. The summed E-state index contributed by atoms with van der Waals surface area (Å²) in [4.78, 5) is 3.68. The van der Waals surface area contributed by atoms with Crippen LogP contribution in [0.3, 0.4) is 0 Å². The van der Waals surface area contributed by atoms with Crippen LogP contribution in [0.4, 0.5) is 30.7 Å². The Morgan fingerprint density at radius 3 is 2.05 bits per heavy atom. The lowest BCUT2D eigenvalue weighted by atomic mass is 9.84. The zero-order valence-corrected chi connectivity index (χ0v) is 18.9. The lowest BCUT2D eigenvalue weighted by Gasteiger charge is -2.35. The summed E-state index contributed by atoms with van der Waals surface area (Å²) >= 11 is 0. The molecule has 3 aromatic rings. The van der Waals surface area contributed by atoms with Crippen LogP contribution in [0, 0.1) is 17.0 Å². The maximum absolute atomic E-state index is 15.3. The second kappa shape index (κ2) is 12.0. The van der Waals surface area contributed by atoms with Crippen molar-refractivity contribution >= 4 is 6.34 Å². The smallest absolute Gasteiger partial charge is 0.422 e. The zero-order chi connectivity index (χ0) is 27.9. The number of rotatable bonds is 8. The van der Waals surface area contributed by atoms with Crippen molar-refractivity contribution in [3.05, 3.63) is 83.7 Å². The van der Waals surface area contributed by atoms with E-state index in [4.69, 9.17) is 11.3 Å². The first-order valence-electron chi connectivity index (χ1n) is 10.3. The Labute approximate surface area is 206 Å². The minimum atomic E-state index is -4.50. The third-order valence-corrected chi connectivity index (χ3v) is 4.93. The molecule has 0 bridgehead atoms. The Hall–Kier alpha value is -3.75. The zero-order valence-electron chi connectivity index (χ0n) is 18.9. The summed E-state index contributed by atoms with van der Waals surface area (Å²) in [6.07, 6.45) is -2.70.